The molecule has 0 saturated heterocycles. The van der Waals surface area contributed by atoms with Gasteiger partial charge < -0.3 is 10.2 Å². The number of carbonyl (C=O) groups is 2. The predicted octanol–water partition coefficient (Wildman–Crippen LogP) is 4.45. The second-order valence-electron chi connectivity index (χ2n) is 8.56. The van der Waals surface area contributed by atoms with E-state index in [-0.39, 0.29) is 18.5 Å². The first-order valence-electron chi connectivity index (χ1n) is 11.1. The highest BCUT2D eigenvalue weighted by atomic mass is 79.9. The Labute approximate surface area is 218 Å². The van der Waals surface area contributed by atoms with Gasteiger partial charge in [0, 0.05) is 21.5 Å². The van der Waals surface area contributed by atoms with Gasteiger partial charge in [-0.1, -0.05) is 56.8 Å². The Morgan fingerprint density at radius 1 is 1.06 bits per heavy atom. The van der Waals surface area contributed by atoms with Gasteiger partial charge in [0.15, 0.2) is 0 Å². The number of nitrogens with one attached hydrogen (secondary N) is 1. The number of nitrogens with zero attached hydrogens (tertiary/aromatic N) is 2. The molecule has 0 spiro atoms. The molecule has 2 aromatic rings. The number of hydrogen-bond donors (Lipinski definition) is 1. The number of anilines is 1. The molecular formula is C24H29Br2N3O4S. The van der Waals surface area contributed by atoms with Crippen molar-refractivity contribution in [2.75, 3.05) is 17.1 Å². The van der Waals surface area contributed by atoms with E-state index < -0.39 is 28.5 Å². The Morgan fingerprint density at radius 3 is 2.29 bits per heavy atom. The van der Waals surface area contributed by atoms with E-state index in [0.717, 1.165) is 50.8 Å². The van der Waals surface area contributed by atoms with E-state index in [1.165, 1.54) is 4.90 Å². The summed E-state index contributed by atoms with van der Waals surface area (Å²) in [7, 11) is -3.74. The highest BCUT2D eigenvalue weighted by molar-refractivity contribution is 9.10. The average Bonchev–Trinajstić information content (AvgIpc) is 3.28. The third-order valence-corrected chi connectivity index (χ3v) is 8.07. The van der Waals surface area contributed by atoms with Gasteiger partial charge in [0.05, 0.1) is 11.9 Å². The van der Waals surface area contributed by atoms with Gasteiger partial charge in [-0.25, -0.2) is 8.42 Å². The average molecular weight is 615 g/mol. The SMILES string of the molecule is C[C@@H](C(=O)NC1CCCC1)N(Cc1cccc(Br)c1)C(=O)CN(c1ccc(Br)cc1)S(C)(=O)=O. The van der Waals surface area contributed by atoms with Crippen molar-refractivity contribution in [3.63, 3.8) is 0 Å². The number of halogens is 2. The van der Waals surface area contributed by atoms with Crippen LogP contribution < -0.4 is 9.62 Å². The molecule has 1 atom stereocenters. The summed E-state index contributed by atoms with van der Waals surface area (Å²) in [6, 6.07) is 13.5. The van der Waals surface area contributed by atoms with E-state index in [1.807, 2.05) is 24.3 Å². The van der Waals surface area contributed by atoms with E-state index in [4.69, 9.17) is 0 Å². The number of sulfonamides is 1. The fraction of sp³-hybridized carbons (Fsp3) is 0.417. The van der Waals surface area contributed by atoms with E-state index in [0.29, 0.717) is 5.69 Å². The Bertz CT molecular complexity index is 1120. The Kier molecular flexibility index (Phi) is 9.17. The molecule has 184 valence electrons. The molecule has 0 unspecified atom stereocenters. The smallest absolute Gasteiger partial charge is 0.244 e. The number of amides is 2. The summed E-state index contributed by atoms with van der Waals surface area (Å²) in [5, 5.41) is 3.05. The Balaban J connectivity index is 1.87. The van der Waals surface area contributed by atoms with E-state index in [2.05, 4.69) is 37.2 Å². The zero-order valence-corrected chi connectivity index (χ0v) is 23.2. The van der Waals surface area contributed by atoms with Crippen molar-refractivity contribution >= 4 is 59.4 Å². The number of benzene rings is 2. The van der Waals surface area contributed by atoms with Crippen LogP contribution >= 0.6 is 31.9 Å². The molecular weight excluding hydrogens is 586 g/mol. The van der Waals surface area contributed by atoms with Crippen LogP contribution in [0.25, 0.3) is 0 Å². The van der Waals surface area contributed by atoms with Crippen molar-refractivity contribution in [1.82, 2.24) is 10.2 Å². The van der Waals surface area contributed by atoms with Crippen molar-refractivity contribution in [1.29, 1.82) is 0 Å². The molecule has 7 nitrogen and oxygen atoms in total. The van der Waals surface area contributed by atoms with Crippen molar-refractivity contribution in [2.45, 2.75) is 51.2 Å². The van der Waals surface area contributed by atoms with Gasteiger partial charge in [-0.05, 0) is 61.7 Å². The standard InChI is InChI=1S/C24H29Br2N3O4S/c1-17(24(31)27-21-8-3-4-9-21)28(15-18-6-5-7-20(26)14-18)23(30)16-29(34(2,32)33)22-12-10-19(25)11-13-22/h5-7,10-14,17,21H,3-4,8-9,15-16H2,1-2H3,(H,27,31)/t17-/m0/s1. The van der Waals surface area contributed by atoms with Crippen LogP contribution in [0.3, 0.4) is 0 Å². The normalized spacial score (nSPS) is 15.1. The van der Waals surface area contributed by atoms with Crippen LogP contribution in [-0.2, 0) is 26.2 Å². The number of rotatable bonds is 9. The second-order valence-corrected chi connectivity index (χ2v) is 12.3. The molecule has 0 radical (unpaired) electrons. The first-order chi connectivity index (χ1) is 16.0. The second kappa shape index (κ2) is 11.7. The lowest BCUT2D eigenvalue weighted by Crippen LogP contribution is -2.52. The van der Waals surface area contributed by atoms with Crippen LogP contribution in [0.4, 0.5) is 5.69 Å². The van der Waals surface area contributed by atoms with Crippen LogP contribution in [0.1, 0.15) is 38.2 Å². The van der Waals surface area contributed by atoms with Gasteiger partial charge in [-0.15, -0.1) is 0 Å². The van der Waals surface area contributed by atoms with Crippen LogP contribution in [-0.4, -0.2) is 50.0 Å². The summed E-state index contributed by atoms with van der Waals surface area (Å²) < 4.78 is 27.9. The maximum absolute atomic E-state index is 13.5. The minimum Gasteiger partial charge on any atom is -0.352 e. The van der Waals surface area contributed by atoms with Gasteiger partial charge in [-0.3, -0.25) is 13.9 Å². The van der Waals surface area contributed by atoms with Crippen LogP contribution in [0.2, 0.25) is 0 Å². The fourth-order valence-corrected chi connectivity index (χ4v) is 5.59. The zero-order valence-electron chi connectivity index (χ0n) is 19.2. The highest BCUT2D eigenvalue weighted by Gasteiger charge is 2.31. The molecule has 1 aliphatic rings. The highest BCUT2D eigenvalue weighted by Crippen LogP contribution is 2.23. The van der Waals surface area contributed by atoms with Gasteiger partial charge in [0.2, 0.25) is 21.8 Å². The van der Waals surface area contributed by atoms with Gasteiger partial charge in [0.1, 0.15) is 12.6 Å². The minimum atomic E-state index is -3.74. The lowest BCUT2D eigenvalue weighted by atomic mass is 10.1. The summed E-state index contributed by atoms with van der Waals surface area (Å²) in [4.78, 5) is 28.0. The molecule has 1 saturated carbocycles. The molecule has 0 aromatic heterocycles. The molecule has 1 N–H and O–H groups in total. The molecule has 0 heterocycles. The summed E-state index contributed by atoms with van der Waals surface area (Å²) in [6.07, 6.45) is 5.09. The predicted molar refractivity (Wildman–Crippen MR) is 141 cm³/mol. The fourth-order valence-electron chi connectivity index (χ4n) is 4.03. The largest absolute Gasteiger partial charge is 0.352 e. The molecule has 3 rings (SSSR count). The summed E-state index contributed by atoms with van der Waals surface area (Å²) in [6.45, 7) is 1.45. The number of carbonyl (C=O) groups excluding carboxylic acids is 2. The summed E-state index contributed by atoms with van der Waals surface area (Å²) in [5.41, 5.74) is 1.21. The molecule has 1 fully saturated rings. The third-order valence-electron chi connectivity index (χ3n) is 5.90. The lowest BCUT2D eigenvalue weighted by molar-refractivity contribution is -0.139. The minimum absolute atomic E-state index is 0.119. The van der Waals surface area contributed by atoms with Gasteiger partial charge in [0.25, 0.3) is 0 Å². The maximum Gasteiger partial charge on any atom is 0.244 e. The first-order valence-corrected chi connectivity index (χ1v) is 14.6. The van der Waals surface area contributed by atoms with E-state index >= 15 is 0 Å². The van der Waals surface area contributed by atoms with Crippen molar-refractivity contribution in [3.05, 3.63) is 63.0 Å². The Morgan fingerprint density at radius 2 is 1.71 bits per heavy atom. The molecule has 2 amide bonds. The van der Waals surface area contributed by atoms with Gasteiger partial charge >= 0.3 is 0 Å². The van der Waals surface area contributed by atoms with E-state index in [1.54, 1.807) is 31.2 Å². The molecule has 1 aliphatic carbocycles. The summed E-state index contributed by atoms with van der Waals surface area (Å²) >= 11 is 6.78. The number of hydrogen-bond acceptors (Lipinski definition) is 4. The third kappa shape index (κ3) is 7.29. The van der Waals surface area contributed by atoms with Gasteiger partial charge in [-0.2, -0.15) is 0 Å². The maximum atomic E-state index is 13.5. The Hall–Kier alpha value is -1.91. The van der Waals surface area contributed by atoms with E-state index in [9.17, 15) is 18.0 Å². The topological polar surface area (TPSA) is 86.8 Å². The van der Waals surface area contributed by atoms with Crippen LogP contribution in [0.5, 0.6) is 0 Å². The van der Waals surface area contributed by atoms with Crippen molar-refractivity contribution in [2.24, 2.45) is 0 Å². The summed E-state index contributed by atoms with van der Waals surface area (Å²) in [5.74, 6) is -0.688. The van der Waals surface area contributed by atoms with Crippen molar-refractivity contribution < 1.29 is 18.0 Å². The molecule has 34 heavy (non-hydrogen) atoms. The molecule has 0 aliphatic heterocycles. The quantitative estimate of drug-likeness (QED) is 0.452. The van der Waals surface area contributed by atoms with Crippen molar-refractivity contribution in [3.8, 4) is 0 Å². The zero-order chi connectivity index (χ0) is 24.9. The molecule has 2 aromatic carbocycles. The van der Waals surface area contributed by atoms with Crippen LogP contribution in [0, 0.1) is 0 Å². The monoisotopic (exact) mass is 613 g/mol. The lowest BCUT2D eigenvalue weighted by Gasteiger charge is -2.32. The molecule has 0 bridgehead atoms. The molecule has 10 heteroatoms. The van der Waals surface area contributed by atoms with Crippen LogP contribution in [0.15, 0.2) is 57.5 Å². The first kappa shape index (κ1) is 26.7.